The third-order valence-corrected chi connectivity index (χ3v) is 3.11. The van der Waals surface area contributed by atoms with Crippen molar-refractivity contribution < 1.29 is 14.3 Å². The number of methoxy groups -OCH3 is 1. The molecule has 0 aliphatic rings. The van der Waals surface area contributed by atoms with E-state index >= 15 is 0 Å². The van der Waals surface area contributed by atoms with Crippen LogP contribution in [0.2, 0.25) is 0 Å². The monoisotopic (exact) mass is 299 g/mol. The predicted octanol–water partition coefficient (Wildman–Crippen LogP) is 1.63. The lowest BCUT2D eigenvalue weighted by Gasteiger charge is -2.06. The number of amides is 2. The van der Waals surface area contributed by atoms with Crippen molar-refractivity contribution >= 4 is 12.0 Å². The van der Waals surface area contributed by atoms with Crippen LogP contribution < -0.4 is 11.1 Å². The molecular weight excluding hydrogens is 282 g/mol. The normalized spacial score (nSPS) is 10.0. The summed E-state index contributed by atoms with van der Waals surface area (Å²) in [5, 5.41) is 2.53. The van der Waals surface area contributed by atoms with Crippen LogP contribution >= 0.6 is 0 Å². The first-order valence-corrected chi connectivity index (χ1v) is 6.72. The molecule has 6 heteroatoms. The number of benzene rings is 1. The minimum atomic E-state index is -0.547. The number of pyridine rings is 1. The van der Waals surface area contributed by atoms with Crippen LogP contribution in [0.1, 0.15) is 27.0 Å². The molecule has 0 spiro atoms. The predicted molar refractivity (Wildman–Crippen MR) is 81.2 cm³/mol. The van der Waals surface area contributed by atoms with Gasteiger partial charge in [-0.25, -0.2) is 9.59 Å². The summed E-state index contributed by atoms with van der Waals surface area (Å²) in [4.78, 5) is 26.2. The summed E-state index contributed by atoms with van der Waals surface area (Å²) >= 11 is 0. The summed E-state index contributed by atoms with van der Waals surface area (Å²) in [7, 11) is 1.34. The Morgan fingerprint density at radius 2 is 1.82 bits per heavy atom. The van der Waals surface area contributed by atoms with Crippen molar-refractivity contribution in [1.82, 2.24) is 10.3 Å². The summed E-state index contributed by atoms with van der Waals surface area (Å²) in [5.74, 6) is -0.401. The van der Waals surface area contributed by atoms with Gasteiger partial charge in [0, 0.05) is 18.9 Å². The molecule has 114 valence electrons. The van der Waals surface area contributed by atoms with Gasteiger partial charge in [-0.2, -0.15) is 0 Å². The van der Waals surface area contributed by atoms with Crippen LogP contribution in [-0.2, 0) is 17.7 Å². The molecule has 1 aromatic carbocycles. The molecule has 6 nitrogen and oxygen atoms in total. The average molecular weight is 299 g/mol. The quantitative estimate of drug-likeness (QED) is 0.820. The zero-order valence-electron chi connectivity index (χ0n) is 12.2. The number of nitrogens with two attached hydrogens (primary N) is 1. The average Bonchev–Trinajstić information content (AvgIpc) is 2.53. The number of esters is 1. The first kappa shape index (κ1) is 15.5. The van der Waals surface area contributed by atoms with E-state index in [1.807, 2.05) is 24.3 Å². The molecule has 0 saturated heterocycles. The van der Waals surface area contributed by atoms with Crippen molar-refractivity contribution in [2.24, 2.45) is 5.73 Å². The molecule has 0 bridgehead atoms. The molecule has 2 aromatic rings. The van der Waals surface area contributed by atoms with E-state index < -0.39 is 12.0 Å². The zero-order chi connectivity index (χ0) is 15.9. The van der Waals surface area contributed by atoms with Crippen molar-refractivity contribution in [2.75, 3.05) is 7.11 Å². The second-order valence-corrected chi connectivity index (χ2v) is 4.78. The molecule has 0 fully saturated rings. The molecule has 0 aliphatic carbocycles. The van der Waals surface area contributed by atoms with Gasteiger partial charge < -0.3 is 15.8 Å². The molecule has 0 saturated carbocycles. The lowest BCUT2D eigenvalue weighted by Crippen LogP contribution is -2.28. The van der Waals surface area contributed by atoms with Gasteiger partial charge in [-0.05, 0) is 29.2 Å². The lowest BCUT2D eigenvalue weighted by atomic mass is 10.0. The van der Waals surface area contributed by atoms with Crippen molar-refractivity contribution in [2.45, 2.75) is 13.0 Å². The number of hydrogen-bond acceptors (Lipinski definition) is 4. The van der Waals surface area contributed by atoms with Crippen LogP contribution in [0.15, 0.2) is 42.7 Å². The van der Waals surface area contributed by atoms with Crippen molar-refractivity contribution in [1.29, 1.82) is 0 Å². The minimum Gasteiger partial charge on any atom is -0.465 e. The highest BCUT2D eigenvalue weighted by molar-refractivity contribution is 5.89. The van der Waals surface area contributed by atoms with Crippen LogP contribution in [0.5, 0.6) is 0 Å². The molecule has 22 heavy (non-hydrogen) atoms. The summed E-state index contributed by atoms with van der Waals surface area (Å²) in [6.07, 6.45) is 3.85. The highest BCUT2D eigenvalue weighted by Crippen LogP contribution is 2.12. The Hall–Kier alpha value is -2.89. The van der Waals surface area contributed by atoms with E-state index in [4.69, 9.17) is 5.73 Å². The largest absolute Gasteiger partial charge is 0.465 e. The van der Waals surface area contributed by atoms with Gasteiger partial charge in [-0.3, -0.25) is 4.98 Å². The van der Waals surface area contributed by atoms with Gasteiger partial charge in [0.05, 0.1) is 12.7 Å². The fourth-order valence-corrected chi connectivity index (χ4v) is 2.01. The highest BCUT2D eigenvalue weighted by atomic mass is 16.5. The maximum atomic E-state index is 11.5. The number of rotatable bonds is 5. The van der Waals surface area contributed by atoms with E-state index in [0.29, 0.717) is 18.5 Å². The van der Waals surface area contributed by atoms with E-state index in [2.05, 4.69) is 15.0 Å². The molecule has 0 radical (unpaired) electrons. The molecule has 0 atom stereocenters. The Morgan fingerprint density at radius 1 is 1.14 bits per heavy atom. The Labute approximate surface area is 128 Å². The number of carbonyl (C=O) groups is 2. The number of primary amides is 1. The first-order valence-electron chi connectivity index (χ1n) is 6.72. The molecular formula is C16H17N3O3. The Balaban J connectivity index is 2.04. The van der Waals surface area contributed by atoms with Crippen LogP contribution in [-0.4, -0.2) is 24.1 Å². The fraction of sp³-hybridized carbons (Fsp3) is 0.188. The summed E-state index contributed by atoms with van der Waals surface area (Å²) in [6, 6.07) is 8.98. The van der Waals surface area contributed by atoms with Crippen LogP contribution in [0.4, 0.5) is 4.79 Å². The molecule has 0 unspecified atom stereocenters. The van der Waals surface area contributed by atoms with Gasteiger partial charge in [0.2, 0.25) is 0 Å². The van der Waals surface area contributed by atoms with Gasteiger partial charge >= 0.3 is 12.0 Å². The Bertz CT molecular complexity index is 669. The lowest BCUT2D eigenvalue weighted by molar-refractivity contribution is 0.0600. The first-order chi connectivity index (χ1) is 10.6. The third-order valence-electron chi connectivity index (χ3n) is 3.11. The number of urea groups is 1. The standard InChI is InChI=1S/C16H17N3O3/c1-22-15(20)14-7-13(8-18-10-14)6-11-2-4-12(5-3-11)9-19-16(17)21/h2-5,7-8,10H,6,9H2,1H3,(H3,17,19,21). The summed E-state index contributed by atoms with van der Waals surface area (Å²) < 4.78 is 4.68. The summed E-state index contributed by atoms with van der Waals surface area (Å²) in [6.45, 7) is 0.398. The molecule has 0 aliphatic heterocycles. The van der Waals surface area contributed by atoms with Gasteiger partial charge in [-0.15, -0.1) is 0 Å². The number of aromatic nitrogens is 1. The van der Waals surface area contributed by atoms with Crippen molar-refractivity contribution in [3.63, 3.8) is 0 Å². The van der Waals surface area contributed by atoms with Crippen LogP contribution in [0.3, 0.4) is 0 Å². The number of ether oxygens (including phenoxy) is 1. The second kappa shape index (κ2) is 7.21. The van der Waals surface area contributed by atoms with Gasteiger partial charge in [0.25, 0.3) is 0 Å². The second-order valence-electron chi connectivity index (χ2n) is 4.78. The van der Waals surface area contributed by atoms with Crippen LogP contribution in [0.25, 0.3) is 0 Å². The smallest absolute Gasteiger partial charge is 0.339 e. The van der Waals surface area contributed by atoms with E-state index in [0.717, 1.165) is 16.7 Å². The number of carbonyl (C=O) groups excluding carboxylic acids is 2. The van der Waals surface area contributed by atoms with Gasteiger partial charge in [0.15, 0.2) is 0 Å². The maximum absolute atomic E-state index is 11.5. The van der Waals surface area contributed by atoms with Gasteiger partial charge in [0.1, 0.15) is 0 Å². The molecule has 2 amide bonds. The highest BCUT2D eigenvalue weighted by Gasteiger charge is 2.07. The zero-order valence-corrected chi connectivity index (χ0v) is 12.2. The third kappa shape index (κ3) is 4.31. The van der Waals surface area contributed by atoms with E-state index in [1.54, 1.807) is 12.3 Å². The van der Waals surface area contributed by atoms with E-state index in [1.165, 1.54) is 13.3 Å². The summed E-state index contributed by atoms with van der Waals surface area (Å²) in [5.41, 5.74) is 8.42. The van der Waals surface area contributed by atoms with E-state index in [9.17, 15) is 9.59 Å². The van der Waals surface area contributed by atoms with Crippen molar-refractivity contribution in [3.05, 3.63) is 65.0 Å². The SMILES string of the molecule is COC(=O)c1cncc(Cc2ccc(CNC(N)=O)cc2)c1. The number of nitrogens with one attached hydrogen (secondary N) is 1. The molecule has 2 rings (SSSR count). The minimum absolute atomic E-state index is 0.398. The molecule has 1 heterocycles. The maximum Gasteiger partial charge on any atom is 0.339 e. The van der Waals surface area contributed by atoms with Gasteiger partial charge in [-0.1, -0.05) is 24.3 Å². The Kier molecular flexibility index (Phi) is 5.08. The van der Waals surface area contributed by atoms with E-state index in [-0.39, 0.29) is 0 Å². The number of hydrogen-bond donors (Lipinski definition) is 2. The van der Waals surface area contributed by atoms with Crippen molar-refractivity contribution in [3.8, 4) is 0 Å². The fourth-order valence-electron chi connectivity index (χ4n) is 2.01. The Morgan fingerprint density at radius 3 is 2.45 bits per heavy atom. The number of nitrogens with zero attached hydrogens (tertiary/aromatic N) is 1. The topological polar surface area (TPSA) is 94.3 Å². The van der Waals surface area contributed by atoms with Crippen LogP contribution in [0, 0.1) is 0 Å². The molecule has 3 N–H and O–H groups in total. The molecule has 1 aromatic heterocycles.